The molecule has 2 aromatic carbocycles. The lowest BCUT2D eigenvalue weighted by Crippen LogP contribution is -2.31. The van der Waals surface area contributed by atoms with Crippen molar-refractivity contribution in [3.63, 3.8) is 0 Å². The van der Waals surface area contributed by atoms with Crippen molar-refractivity contribution >= 4 is 11.9 Å². The molecule has 166 valence electrons. The van der Waals surface area contributed by atoms with E-state index < -0.39 is 17.5 Å². The fourth-order valence-corrected chi connectivity index (χ4v) is 3.46. The quantitative estimate of drug-likeness (QED) is 0.481. The van der Waals surface area contributed by atoms with Crippen LogP contribution in [-0.4, -0.2) is 28.1 Å². The van der Waals surface area contributed by atoms with Gasteiger partial charge in [0, 0.05) is 18.2 Å². The van der Waals surface area contributed by atoms with Crippen LogP contribution in [0.4, 0.5) is 0 Å². The Morgan fingerprint density at radius 3 is 2.41 bits per heavy atom. The van der Waals surface area contributed by atoms with Crippen molar-refractivity contribution in [3.05, 3.63) is 87.6 Å². The molecule has 0 saturated heterocycles. The third-order valence-electron chi connectivity index (χ3n) is 5.13. The molecule has 0 aliphatic rings. The number of carbonyl (C=O) groups is 2. The van der Waals surface area contributed by atoms with E-state index in [0.29, 0.717) is 17.8 Å². The molecule has 0 amide bonds. The summed E-state index contributed by atoms with van der Waals surface area (Å²) in [6.07, 6.45) is 3.72. The van der Waals surface area contributed by atoms with Crippen molar-refractivity contribution in [2.75, 3.05) is 6.61 Å². The normalized spacial score (nSPS) is 10.7. The lowest BCUT2D eigenvalue weighted by Gasteiger charge is -2.14. The van der Waals surface area contributed by atoms with Gasteiger partial charge in [-0.25, -0.2) is 9.78 Å². The maximum Gasteiger partial charge on any atom is 0.345 e. The number of aromatic carboxylic acids is 1. The standard InChI is InChI=1S/C25H26N2O5/c1-3-5-10-22-26-15-21(25(31)32-4-2)23(28)27(22)16-17-11-13-18(14-12-17)19-8-6-7-9-20(19)24(29)30/h6-9,11-15H,3-5,10,16H2,1-2H3,(H,29,30)/p-1. The second-order valence-corrected chi connectivity index (χ2v) is 7.33. The highest BCUT2D eigenvalue weighted by Crippen LogP contribution is 2.24. The van der Waals surface area contributed by atoms with Gasteiger partial charge in [-0.1, -0.05) is 61.9 Å². The number of rotatable bonds is 9. The number of carboxylic acid groups (broad SMARTS) is 1. The Hall–Kier alpha value is -3.74. The number of esters is 1. The van der Waals surface area contributed by atoms with Gasteiger partial charge in [0.2, 0.25) is 0 Å². The van der Waals surface area contributed by atoms with E-state index in [1.54, 1.807) is 37.3 Å². The van der Waals surface area contributed by atoms with Crippen LogP contribution in [0.3, 0.4) is 0 Å². The highest BCUT2D eigenvalue weighted by molar-refractivity contribution is 5.94. The van der Waals surface area contributed by atoms with Crippen molar-refractivity contribution in [2.24, 2.45) is 0 Å². The minimum absolute atomic E-state index is 0.0911. The predicted octanol–water partition coefficient (Wildman–Crippen LogP) is 2.84. The number of unbranched alkanes of at least 4 members (excludes halogenated alkanes) is 1. The van der Waals surface area contributed by atoms with Crippen LogP contribution in [0.25, 0.3) is 11.1 Å². The summed E-state index contributed by atoms with van der Waals surface area (Å²) in [5.41, 5.74) is 1.70. The monoisotopic (exact) mass is 433 g/mol. The van der Waals surface area contributed by atoms with E-state index in [1.165, 1.54) is 16.8 Å². The molecule has 0 spiro atoms. The first kappa shape index (κ1) is 22.9. The smallest absolute Gasteiger partial charge is 0.345 e. The molecule has 32 heavy (non-hydrogen) atoms. The molecule has 0 fully saturated rings. The fourth-order valence-electron chi connectivity index (χ4n) is 3.46. The van der Waals surface area contributed by atoms with E-state index in [1.807, 2.05) is 12.1 Å². The summed E-state index contributed by atoms with van der Waals surface area (Å²) >= 11 is 0. The molecule has 0 bridgehead atoms. The average molecular weight is 433 g/mol. The first-order valence-corrected chi connectivity index (χ1v) is 10.6. The summed E-state index contributed by atoms with van der Waals surface area (Å²) in [5.74, 6) is -1.31. The van der Waals surface area contributed by atoms with Crippen LogP contribution in [0, 0.1) is 0 Å². The van der Waals surface area contributed by atoms with E-state index >= 15 is 0 Å². The third kappa shape index (κ3) is 5.11. The lowest BCUT2D eigenvalue weighted by atomic mass is 9.99. The van der Waals surface area contributed by atoms with Crippen molar-refractivity contribution in [1.29, 1.82) is 0 Å². The van der Waals surface area contributed by atoms with Crippen LogP contribution in [0.15, 0.2) is 59.5 Å². The summed E-state index contributed by atoms with van der Waals surface area (Å²) in [6, 6.07) is 13.9. The van der Waals surface area contributed by atoms with Crippen LogP contribution in [0.1, 0.15) is 58.8 Å². The third-order valence-corrected chi connectivity index (χ3v) is 5.13. The van der Waals surface area contributed by atoms with Crippen LogP contribution in [0.2, 0.25) is 0 Å². The number of carbonyl (C=O) groups excluding carboxylic acids is 2. The zero-order valence-electron chi connectivity index (χ0n) is 18.2. The van der Waals surface area contributed by atoms with Crippen molar-refractivity contribution in [2.45, 2.75) is 39.7 Å². The van der Waals surface area contributed by atoms with Gasteiger partial charge in [0.25, 0.3) is 5.56 Å². The summed E-state index contributed by atoms with van der Waals surface area (Å²) < 4.78 is 6.49. The van der Waals surface area contributed by atoms with E-state index in [4.69, 9.17) is 4.74 Å². The van der Waals surface area contributed by atoms with Gasteiger partial charge in [-0.15, -0.1) is 0 Å². The van der Waals surface area contributed by atoms with Gasteiger partial charge in [-0.05, 0) is 30.0 Å². The second-order valence-electron chi connectivity index (χ2n) is 7.33. The zero-order valence-corrected chi connectivity index (χ0v) is 18.2. The number of hydrogen-bond donors (Lipinski definition) is 0. The maximum absolute atomic E-state index is 13.0. The minimum atomic E-state index is -1.24. The van der Waals surface area contributed by atoms with Gasteiger partial charge < -0.3 is 14.6 Å². The molecular weight excluding hydrogens is 408 g/mol. The topological polar surface area (TPSA) is 101 Å². The predicted molar refractivity (Wildman–Crippen MR) is 118 cm³/mol. The van der Waals surface area contributed by atoms with Crippen LogP contribution < -0.4 is 10.7 Å². The Morgan fingerprint density at radius 1 is 1.03 bits per heavy atom. The summed E-state index contributed by atoms with van der Waals surface area (Å²) in [4.78, 5) is 41.0. The van der Waals surface area contributed by atoms with Gasteiger partial charge in [0.05, 0.1) is 19.1 Å². The van der Waals surface area contributed by atoms with Crippen molar-refractivity contribution in [3.8, 4) is 11.1 Å². The highest BCUT2D eigenvalue weighted by Gasteiger charge is 2.17. The molecule has 7 nitrogen and oxygen atoms in total. The first-order valence-electron chi connectivity index (χ1n) is 10.6. The van der Waals surface area contributed by atoms with Gasteiger partial charge in [0.1, 0.15) is 11.4 Å². The summed E-state index contributed by atoms with van der Waals surface area (Å²) in [5, 5.41) is 11.4. The lowest BCUT2D eigenvalue weighted by molar-refractivity contribution is -0.254. The number of aryl methyl sites for hydroxylation is 1. The molecule has 1 heterocycles. The Kier molecular flexibility index (Phi) is 7.54. The molecular formula is C25H25N2O5-. The summed E-state index contributed by atoms with van der Waals surface area (Å²) in [6.45, 7) is 4.14. The molecule has 0 N–H and O–H groups in total. The molecule has 1 aromatic heterocycles. The number of nitrogens with zero attached hydrogens (tertiary/aromatic N) is 2. The SMILES string of the molecule is CCCCc1ncc(C(=O)OCC)c(=O)n1Cc1ccc(-c2ccccc2C(=O)[O-])cc1. The molecule has 0 unspecified atom stereocenters. The molecule has 0 atom stereocenters. The van der Waals surface area contributed by atoms with E-state index in [9.17, 15) is 19.5 Å². The zero-order chi connectivity index (χ0) is 23.1. The van der Waals surface area contributed by atoms with Gasteiger partial charge >= 0.3 is 5.97 Å². The average Bonchev–Trinajstić information content (AvgIpc) is 2.80. The largest absolute Gasteiger partial charge is 0.545 e. The van der Waals surface area contributed by atoms with Crippen molar-refractivity contribution in [1.82, 2.24) is 9.55 Å². The highest BCUT2D eigenvalue weighted by atomic mass is 16.5. The van der Waals surface area contributed by atoms with Crippen LogP contribution in [-0.2, 0) is 17.7 Å². The second kappa shape index (κ2) is 10.5. The number of ether oxygens (including phenoxy) is 1. The molecule has 0 aliphatic carbocycles. The number of carboxylic acids is 1. The maximum atomic E-state index is 13.0. The molecule has 0 aliphatic heterocycles. The number of aromatic nitrogens is 2. The van der Waals surface area contributed by atoms with Crippen molar-refractivity contribution < 1.29 is 19.4 Å². The molecule has 0 radical (unpaired) electrons. The minimum Gasteiger partial charge on any atom is -0.545 e. The van der Waals surface area contributed by atoms with Gasteiger partial charge in [0.15, 0.2) is 0 Å². The fraction of sp³-hybridized carbons (Fsp3) is 0.280. The molecule has 0 saturated carbocycles. The molecule has 3 rings (SSSR count). The Balaban J connectivity index is 1.95. The first-order chi connectivity index (χ1) is 15.5. The molecule has 3 aromatic rings. The Bertz CT molecular complexity index is 1170. The van der Waals surface area contributed by atoms with E-state index in [-0.39, 0.29) is 24.3 Å². The Labute approximate surface area is 186 Å². The van der Waals surface area contributed by atoms with Gasteiger partial charge in [-0.3, -0.25) is 9.36 Å². The van der Waals surface area contributed by atoms with Crippen LogP contribution in [0.5, 0.6) is 0 Å². The van der Waals surface area contributed by atoms with E-state index in [0.717, 1.165) is 24.0 Å². The van der Waals surface area contributed by atoms with E-state index in [2.05, 4.69) is 11.9 Å². The number of benzene rings is 2. The Morgan fingerprint density at radius 2 is 1.75 bits per heavy atom. The summed E-state index contributed by atoms with van der Waals surface area (Å²) in [7, 11) is 0. The van der Waals surface area contributed by atoms with Crippen LogP contribution >= 0.6 is 0 Å². The number of hydrogen-bond acceptors (Lipinski definition) is 6. The molecule has 7 heteroatoms. The van der Waals surface area contributed by atoms with Gasteiger partial charge in [-0.2, -0.15) is 0 Å².